The predicted octanol–water partition coefficient (Wildman–Crippen LogP) is 1.91. The van der Waals surface area contributed by atoms with Gasteiger partial charge in [0.05, 0.1) is 0 Å². The van der Waals surface area contributed by atoms with Gasteiger partial charge in [0.2, 0.25) is 0 Å². The van der Waals surface area contributed by atoms with Crippen LogP contribution in [-0.2, 0) is 0 Å². The van der Waals surface area contributed by atoms with Crippen LogP contribution in [0.4, 0.5) is 17.6 Å². The van der Waals surface area contributed by atoms with Crippen molar-refractivity contribution >= 4 is 0 Å². The van der Waals surface area contributed by atoms with Crippen molar-refractivity contribution in [2.75, 3.05) is 6.61 Å². The second kappa shape index (κ2) is 2.58. The van der Waals surface area contributed by atoms with E-state index >= 15 is 0 Å². The fraction of sp³-hybridized carbons (Fsp3) is 1.00. The number of hydrogen-bond acceptors (Lipinski definition) is 1. The Kier molecular flexibility index (Phi) is 2.10. The molecular formula is C7H10F4O. The molecule has 0 aliphatic heterocycles. The van der Waals surface area contributed by atoms with Gasteiger partial charge >= 0.3 is 11.8 Å². The first-order valence-electron chi connectivity index (χ1n) is 3.69. The Morgan fingerprint density at radius 1 is 1.42 bits per heavy atom. The van der Waals surface area contributed by atoms with Crippen molar-refractivity contribution in [3.05, 3.63) is 0 Å². The van der Waals surface area contributed by atoms with Gasteiger partial charge in [-0.15, -0.1) is 0 Å². The summed E-state index contributed by atoms with van der Waals surface area (Å²) < 4.78 is 49.6. The molecule has 1 rings (SSSR count). The van der Waals surface area contributed by atoms with Crippen LogP contribution in [0.25, 0.3) is 0 Å². The number of aliphatic hydroxyl groups is 1. The standard InChI is InChI=1S/C7H10F4O/c1-4(3-12)5-2-6(8,9)7(5,10)11/h4-5,12H,2-3H2,1H3/t4-,5?/m0/s1. The van der Waals surface area contributed by atoms with Crippen molar-refractivity contribution in [1.82, 2.24) is 0 Å². The smallest absolute Gasteiger partial charge is 0.313 e. The summed E-state index contributed by atoms with van der Waals surface area (Å²) in [6.45, 7) is 0.865. The molecule has 1 fully saturated rings. The molecule has 1 nitrogen and oxygen atoms in total. The minimum absolute atomic E-state index is 0.476. The molecule has 1 aliphatic carbocycles. The molecule has 1 N–H and O–H groups in total. The van der Waals surface area contributed by atoms with Crippen molar-refractivity contribution < 1.29 is 22.7 Å². The van der Waals surface area contributed by atoms with Crippen LogP contribution in [0.15, 0.2) is 0 Å². The van der Waals surface area contributed by atoms with Crippen molar-refractivity contribution in [3.63, 3.8) is 0 Å². The van der Waals surface area contributed by atoms with E-state index in [1.165, 1.54) is 6.92 Å². The van der Waals surface area contributed by atoms with Gasteiger partial charge < -0.3 is 5.11 Å². The number of alkyl halides is 4. The highest BCUT2D eigenvalue weighted by Crippen LogP contribution is 2.57. The third-order valence-electron chi connectivity index (χ3n) is 2.40. The van der Waals surface area contributed by atoms with Gasteiger partial charge in [-0.1, -0.05) is 6.92 Å². The molecule has 2 atom stereocenters. The first kappa shape index (κ1) is 9.77. The van der Waals surface area contributed by atoms with E-state index in [1.54, 1.807) is 0 Å². The lowest BCUT2D eigenvalue weighted by Gasteiger charge is -2.46. The van der Waals surface area contributed by atoms with Crippen LogP contribution in [0.1, 0.15) is 13.3 Å². The van der Waals surface area contributed by atoms with E-state index in [-0.39, 0.29) is 0 Å². The van der Waals surface area contributed by atoms with E-state index in [9.17, 15) is 17.6 Å². The quantitative estimate of drug-likeness (QED) is 0.653. The maximum atomic E-state index is 12.6. The molecule has 1 aliphatic rings. The second-order valence-corrected chi connectivity index (χ2v) is 3.30. The third kappa shape index (κ3) is 1.11. The van der Waals surface area contributed by atoms with Gasteiger partial charge in [0.1, 0.15) is 0 Å². The lowest BCUT2D eigenvalue weighted by atomic mass is 9.70. The molecule has 0 radical (unpaired) electrons. The zero-order valence-electron chi connectivity index (χ0n) is 6.53. The van der Waals surface area contributed by atoms with E-state index in [0.717, 1.165) is 0 Å². The first-order chi connectivity index (χ1) is 5.33. The van der Waals surface area contributed by atoms with Crippen molar-refractivity contribution in [1.29, 1.82) is 0 Å². The van der Waals surface area contributed by atoms with Gasteiger partial charge in [-0.05, 0) is 5.92 Å². The molecule has 0 heterocycles. The number of halogens is 4. The zero-order chi connectivity index (χ0) is 9.57. The summed E-state index contributed by atoms with van der Waals surface area (Å²) in [6.07, 6.45) is -0.818. The van der Waals surface area contributed by atoms with E-state index in [4.69, 9.17) is 5.11 Å². The molecule has 0 bridgehead atoms. The molecule has 0 saturated heterocycles. The van der Waals surface area contributed by atoms with Gasteiger partial charge in [0, 0.05) is 18.9 Å². The molecule has 0 aromatic heterocycles. The average Bonchev–Trinajstić information content (AvgIpc) is 1.99. The average molecular weight is 186 g/mol. The molecule has 0 aromatic carbocycles. The normalized spacial score (nSPS) is 34.0. The molecule has 1 unspecified atom stereocenters. The molecule has 0 amide bonds. The van der Waals surface area contributed by atoms with E-state index in [2.05, 4.69) is 0 Å². The minimum Gasteiger partial charge on any atom is -0.396 e. The lowest BCUT2D eigenvalue weighted by molar-refractivity contribution is -0.324. The summed E-state index contributed by atoms with van der Waals surface area (Å²) in [5.74, 6) is -9.95. The fourth-order valence-corrected chi connectivity index (χ4v) is 1.37. The Bertz CT molecular complexity index is 180. The largest absolute Gasteiger partial charge is 0.396 e. The van der Waals surface area contributed by atoms with E-state index in [1.807, 2.05) is 0 Å². The molecule has 12 heavy (non-hydrogen) atoms. The zero-order valence-corrected chi connectivity index (χ0v) is 6.53. The SMILES string of the molecule is C[C@@H](CO)C1CC(F)(F)C1(F)F. The number of rotatable bonds is 2. The fourth-order valence-electron chi connectivity index (χ4n) is 1.37. The maximum absolute atomic E-state index is 12.6. The summed E-state index contributed by atoms with van der Waals surface area (Å²) in [6, 6.07) is 0. The molecular weight excluding hydrogens is 176 g/mol. The van der Waals surface area contributed by atoms with Gasteiger partial charge in [0.15, 0.2) is 0 Å². The summed E-state index contributed by atoms with van der Waals surface area (Å²) in [7, 11) is 0. The Morgan fingerprint density at radius 2 is 1.92 bits per heavy atom. The van der Waals surface area contributed by atoms with Crippen molar-refractivity contribution in [2.45, 2.75) is 25.2 Å². The van der Waals surface area contributed by atoms with Crippen molar-refractivity contribution in [2.24, 2.45) is 11.8 Å². The summed E-state index contributed by atoms with van der Waals surface area (Å²) in [5.41, 5.74) is 0. The second-order valence-electron chi connectivity index (χ2n) is 3.30. The molecule has 1 saturated carbocycles. The number of aliphatic hydroxyl groups excluding tert-OH is 1. The lowest BCUT2D eigenvalue weighted by Crippen LogP contribution is -2.61. The Labute approximate surface area is 67.4 Å². The van der Waals surface area contributed by atoms with Gasteiger partial charge in [-0.25, -0.2) is 0 Å². The predicted molar refractivity (Wildman–Crippen MR) is 34.3 cm³/mol. The van der Waals surface area contributed by atoms with E-state index in [0.29, 0.717) is 0 Å². The summed E-state index contributed by atoms with van der Waals surface area (Å²) in [5, 5.41) is 8.49. The molecule has 0 aromatic rings. The highest BCUT2D eigenvalue weighted by molar-refractivity contribution is 5.04. The topological polar surface area (TPSA) is 20.2 Å². The van der Waals surface area contributed by atoms with Gasteiger partial charge in [0.25, 0.3) is 0 Å². The highest BCUT2D eigenvalue weighted by atomic mass is 19.3. The van der Waals surface area contributed by atoms with Gasteiger partial charge in [-0.3, -0.25) is 0 Å². The maximum Gasteiger partial charge on any atom is 0.313 e. The number of hydrogen-bond donors (Lipinski definition) is 1. The Morgan fingerprint density at radius 3 is 2.17 bits per heavy atom. The van der Waals surface area contributed by atoms with Crippen LogP contribution in [0.3, 0.4) is 0 Å². The van der Waals surface area contributed by atoms with Gasteiger partial charge in [-0.2, -0.15) is 17.6 Å². The monoisotopic (exact) mass is 186 g/mol. The molecule has 5 heteroatoms. The van der Waals surface area contributed by atoms with Crippen LogP contribution in [-0.4, -0.2) is 23.6 Å². The highest BCUT2D eigenvalue weighted by Gasteiger charge is 2.72. The third-order valence-corrected chi connectivity index (χ3v) is 2.40. The van der Waals surface area contributed by atoms with Crippen LogP contribution >= 0.6 is 0 Å². The summed E-state index contributed by atoms with van der Waals surface area (Å²) >= 11 is 0. The van der Waals surface area contributed by atoms with Crippen molar-refractivity contribution in [3.8, 4) is 0 Å². The van der Waals surface area contributed by atoms with E-state index < -0.39 is 36.7 Å². The van der Waals surface area contributed by atoms with Crippen LogP contribution < -0.4 is 0 Å². The Hall–Kier alpha value is -0.320. The minimum atomic E-state index is -3.94. The first-order valence-corrected chi connectivity index (χ1v) is 3.69. The molecule has 72 valence electrons. The molecule has 0 spiro atoms. The van der Waals surface area contributed by atoms with Crippen LogP contribution in [0.2, 0.25) is 0 Å². The van der Waals surface area contributed by atoms with Crippen LogP contribution in [0.5, 0.6) is 0 Å². The van der Waals surface area contributed by atoms with Crippen LogP contribution in [0, 0.1) is 11.8 Å². The summed E-state index contributed by atoms with van der Waals surface area (Å²) in [4.78, 5) is 0. The Balaban J connectivity index is 2.65.